The second-order valence-electron chi connectivity index (χ2n) is 14.3. The van der Waals surface area contributed by atoms with Crippen LogP contribution < -0.4 is 21.3 Å². The number of rotatable bonds is 6. The van der Waals surface area contributed by atoms with Crippen LogP contribution in [0.3, 0.4) is 0 Å². The summed E-state index contributed by atoms with van der Waals surface area (Å²) in [7, 11) is 2.83. The summed E-state index contributed by atoms with van der Waals surface area (Å²) in [5.41, 5.74) is 6.23. The van der Waals surface area contributed by atoms with Crippen molar-refractivity contribution in [2.24, 2.45) is 0 Å². The summed E-state index contributed by atoms with van der Waals surface area (Å²) in [4.78, 5) is 70.2. The van der Waals surface area contributed by atoms with Crippen molar-refractivity contribution < 1.29 is 51.8 Å². The third-order valence-electron chi connectivity index (χ3n) is 10.2. The van der Waals surface area contributed by atoms with Gasteiger partial charge in [-0.15, -0.1) is 0 Å². The number of hydrogen-bond acceptors (Lipinski definition) is 7. The predicted octanol–water partition coefficient (Wildman–Crippen LogP) is 10.7. The first kappa shape index (κ1) is 51.8. The van der Waals surface area contributed by atoms with Crippen LogP contribution in [0, 0.1) is 17.5 Å². The smallest absolute Gasteiger partial charge is 0.337 e. The van der Waals surface area contributed by atoms with Crippen molar-refractivity contribution in [3.8, 4) is 0 Å². The van der Waals surface area contributed by atoms with Crippen molar-refractivity contribution in [1.29, 1.82) is 0 Å². The zero-order valence-electron chi connectivity index (χ0n) is 34.3. The molecule has 0 saturated carbocycles. The highest BCUT2D eigenvalue weighted by molar-refractivity contribution is 6.36. The molecule has 0 saturated heterocycles. The van der Waals surface area contributed by atoms with Crippen LogP contribution in [0.5, 0.6) is 0 Å². The molecule has 4 amide bonds. The van der Waals surface area contributed by atoms with Gasteiger partial charge in [-0.25, -0.2) is 22.8 Å². The average molecular weight is 925 g/mol. The number of carboxylic acid groups (broad SMARTS) is 1. The summed E-state index contributed by atoms with van der Waals surface area (Å²) in [6.45, 7) is 0. The number of amides is 4. The molecule has 6 aromatic rings. The van der Waals surface area contributed by atoms with Crippen LogP contribution in [0.15, 0.2) is 127 Å². The SMILES string of the molecule is C.C.C.CNC(=O)c1ccc2c(c1)NC(=O)/C2=C/c1ccccc1F.COC(=O)c1ccc2c(c1)NC(=O)/C2=C/c1ccccc1F.O=C1Nc2cc(C(=O)O)ccc2/C1=C\c1ccccc1F. The molecule has 0 spiro atoms. The van der Waals surface area contributed by atoms with E-state index in [0.29, 0.717) is 78.3 Å². The molecule has 6 aromatic carbocycles. The van der Waals surface area contributed by atoms with Crippen molar-refractivity contribution in [3.05, 3.63) is 195 Å². The maximum absolute atomic E-state index is 13.7. The fourth-order valence-electron chi connectivity index (χ4n) is 6.92. The van der Waals surface area contributed by atoms with E-state index in [1.54, 1.807) is 97.1 Å². The van der Waals surface area contributed by atoms with Gasteiger partial charge in [0.05, 0.1) is 18.2 Å². The minimum Gasteiger partial charge on any atom is -0.478 e. The number of anilines is 3. The van der Waals surface area contributed by atoms with Crippen molar-refractivity contribution in [2.75, 3.05) is 30.1 Å². The second-order valence-corrected chi connectivity index (χ2v) is 14.3. The predicted molar refractivity (Wildman–Crippen MR) is 260 cm³/mol. The van der Waals surface area contributed by atoms with Gasteiger partial charge in [0.1, 0.15) is 17.5 Å². The fourth-order valence-corrected chi connectivity index (χ4v) is 6.92. The van der Waals surface area contributed by atoms with Crippen molar-refractivity contribution >= 4 is 87.6 Å². The third-order valence-corrected chi connectivity index (χ3v) is 10.2. The number of carboxylic acids is 1. The van der Waals surface area contributed by atoms with Crippen LogP contribution in [-0.4, -0.2) is 54.8 Å². The fraction of sp³-hybridized carbons (Fsp3) is 0.0943. The number of halogens is 3. The summed E-state index contributed by atoms with van der Waals surface area (Å²) >= 11 is 0. The van der Waals surface area contributed by atoms with E-state index < -0.39 is 29.4 Å². The van der Waals surface area contributed by atoms with Crippen LogP contribution in [0.25, 0.3) is 34.9 Å². The molecule has 68 heavy (non-hydrogen) atoms. The molecular weight excluding hydrogens is 878 g/mol. The molecule has 12 nitrogen and oxygen atoms in total. The molecule has 0 aromatic heterocycles. The number of carbonyl (C=O) groups is 6. The Bertz CT molecular complexity index is 2930. The Labute approximate surface area is 390 Å². The first-order valence-electron chi connectivity index (χ1n) is 19.6. The quantitative estimate of drug-likeness (QED) is 0.0809. The molecule has 348 valence electrons. The van der Waals surface area contributed by atoms with Gasteiger partial charge in [0.15, 0.2) is 0 Å². The highest BCUT2D eigenvalue weighted by Gasteiger charge is 2.28. The Balaban J connectivity index is 0.000000218. The molecule has 5 N–H and O–H groups in total. The lowest BCUT2D eigenvalue weighted by molar-refractivity contribution is -0.111. The van der Waals surface area contributed by atoms with Crippen LogP contribution >= 0.6 is 0 Å². The molecule has 0 bridgehead atoms. The Morgan fingerprint density at radius 1 is 0.515 bits per heavy atom. The molecule has 0 radical (unpaired) electrons. The molecule has 0 fully saturated rings. The molecule has 3 aliphatic rings. The highest BCUT2D eigenvalue weighted by atomic mass is 19.1. The molecule has 0 unspecified atom stereocenters. The van der Waals surface area contributed by atoms with Gasteiger partial charge >= 0.3 is 11.9 Å². The normalized spacial score (nSPS) is 14.1. The van der Waals surface area contributed by atoms with E-state index >= 15 is 0 Å². The van der Waals surface area contributed by atoms with E-state index in [4.69, 9.17) is 5.11 Å². The third kappa shape index (κ3) is 11.1. The van der Waals surface area contributed by atoms with Gasteiger partial charge in [0, 0.05) is 79.8 Å². The summed E-state index contributed by atoms with van der Waals surface area (Å²) in [6, 6.07) is 32.6. The van der Waals surface area contributed by atoms with Gasteiger partial charge in [0.25, 0.3) is 23.6 Å². The first-order valence-corrected chi connectivity index (χ1v) is 19.6. The number of esters is 1. The van der Waals surface area contributed by atoms with Crippen molar-refractivity contribution in [3.63, 3.8) is 0 Å². The van der Waals surface area contributed by atoms with Gasteiger partial charge < -0.3 is 31.1 Å². The zero-order valence-corrected chi connectivity index (χ0v) is 34.3. The minimum absolute atomic E-state index is 0. The van der Waals surface area contributed by atoms with Gasteiger partial charge in [-0.05, 0) is 72.8 Å². The largest absolute Gasteiger partial charge is 0.478 e. The van der Waals surface area contributed by atoms with Crippen LogP contribution in [0.4, 0.5) is 30.2 Å². The number of carbonyl (C=O) groups excluding carboxylic acids is 5. The maximum Gasteiger partial charge on any atom is 0.337 e. The van der Waals surface area contributed by atoms with Crippen molar-refractivity contribution in [2.45, 2.75) is 22.3 Å². The molecule has 0 aliphatic carbocycles. The monoisotopic (exact) mass is 924 g/mol. The van der Waals surface area contributed by atoms with Crippen LogP contribution in [0.1, 0.15) is 86.7 Å². The average Bonchev–Trinajstić information content (AvgIpc) is 3.91. The van der Waals surface area contributed by atoms with E-state index in [0.717, 1.165) is 0 Å². The van der Waals surface area contributed by atoms with Gasteiger partial charge in [-0.2, -0.15) is 0 Å². The maximum atomic E-state index is 13.7. The number of aromatic carboxylic acids is 1. The Kier molecular flexibility index (Phi) is 17.0. The standard InChI is InChI=1S/C17H13FN2O2.C17H12FNO3.C16H10FNO3.3CH4/c1-19-16(21)11-6-7-12-13(17(22)20-15(12)9-11)8-10-4-2-3-5-14(10)18;1-22-17(21)11-6-7-12-13(16(20)19-15(12)9-11)8-10-4-2-3-5-14(10)18;17-13-4-2-1-3-9(13)7-12-11-6-5-10(16(20)21)8-14(11)18-15(12)19;;;/h2-9H,1H3,(H,19,21)(H,20,22);2-9H,1H3,(H,19,20);1-8H,(H,18,19)(H,20,21);3*1H4/b2*13-8+;12-7+;;;. The van der Waals surface area contributed by atoms with Crippen LogP contribution in [-0.2, 0) is 19.1 Å². The van der Waals surface area contributed by atoms with E-state index in [-0.39, 0.29) is 51.5 Å². The zero-order chi connectivity index (χ0) is 46.4. The summed E-state index contributed by atoms with van der Waals surface area (Å²) < 4.78 is 45.8. The molecule has 15 heteroatoms. The lowest BCUT2D eigenvalue weighted by Crippen LogP contribution is -2.17. The van der Waals surface area contributed by atoms with Gasteiger partial charge in [-0.1, -0.05) is 95.1 Å². The van der Waals surface area contributed by atoms with E-state index in [9.17, 15) is 41.9 Å². The molecule has 9 rings (SSSR count). The van der Waals surface area contributed by atoms with Gasteiger partial charge in [0.2, 0.25) is 0 Å². The van der Waals surface area contributed by atoms with E-state index in [2.05, 4.69) is 26.0 Å². The Hall–Kier alpha value is -8.85. The Morgan fingerprint density at radius 3 is 1.18 bits per heavy atom. The Morgan fingerprint density at radius 2 is 0.838 bits per heavy atom. The van der Waals surface area contributed by atoms with Crippen molar-refractivity contribution in [1.82, 2.24) is 5.32 Å². The number of nitrogens with one attached hydrogen (secondary N) is 4. The number of hydrogen-bond donors (Lipinski definition) is 5. The second kappa shape index (κ2) is 22.4. The number of ether oxygens (including phenoxy) is 1. The summed E-state index contributed by atoms with van der Waals surface area (Å²) in [5.74, 6) is -4.02. The van der Waals surface area contributed by atoms with E-state index in [1.165, 1.54) is 62.7 Å². The van der Waals surface area contributed by atoms with Crippen LogP contribution in [0.2, 0.25) is 0 Å². The molecule has 0 atom stereocenters. The topological polar surface area (TPSA) is 180 Å². The summed E-state index contributed by atoms with van der Waals surface area (Å²) in [6.07, 6.45) is 4.46. The number of benzene rings is 6. The number of fused-ring (bicyclic) bond motifs is 3. The first-order chi connectivity index (χ1) is 31.3. The molecule has 3 heterocycles. The molecule has 3 aliphatic heterocycles. The van der Waals surface area contributed by atoms with E-state index in [1.807, 2.05) is 0 Å². The lowest BCUT2D eigenvalue weighted by Gasteiger charge is -2.03. The highest BCUT2D eigenvalue weighted by Crippen LogP contribution is 2.37. The molecular formula is C53H47F3N4O8. The van der Waals surface area contributed by atoms with Gasteiger partial charge in [-0.3, -0.25) is 19.2 Å². The lowest BCUT2D eigenvalue weighted by atomic mass is 10.0. The minimum atomic E-state index is -1.07. The summed E-state index contributed by atoms with van der Waals surface area (Å²) in [5, 5.41) is 19.4. The number of methoxy groups -OCH3 is 1.